The first-order valence-electron chi connectivity index (χ1n) is 9.54. The minimum absolute atomic E-state index is 0.0118. The number of hydrogen-bond donors (Lipinski definition) is 0. The molecule has 0 aliphatic carbocycles. The average Bonchev–Trinajstić information content (AvgIpc) is 2.77. The minimum atomic E-state index is -1.67. The Morgan fingerprint density at radius 1 is 0.515 bits per heavy atom. The van der Waals surface area contributed by atoms with Gasteiger partial charge in [0.2, 0.25) is 0 Å². The first-order valence-corrected chi connectivity index (χ1v) is 9.54. The van der Waals surface area contributed by atoms with Crippen LogP contribution in [-0.4, -0.2) is 0 Å². The molecule has 168 valence electrons. The molecular weight excluding hydrogens is 449 g/mol. The Morgan fingerprint density at radius 3 is 1.67 bits per heavy atom. The quantitative estimate of drug-likeness (QED) is 0.220. The number of benzene rings is 4. The molecule has 0 heterocycles. The van der Waals surface area contributed by atoms with Gasteiger partial charge in [-0.25, -0.2) is 30.7 Å². The fraction of sp³-hybridized carbons (Fsp3) is 0.0400. The van der Waals surface area contributed by atoms with Crippen LogP contribution in [-0.2, 0) is 6.61 Å². The van der Waals surface area contributed by atoms with Crippen molar-refractivity contribution in [1.82, 2.24) is 0 Å². The molecule has 0 aromatic heterocycles. The van der Waals surface area contributed by atoms with Crippen LogP contribution in [0.25, 0.3) is 22.3 Å². The van der Waals surface area contributed by atoms with Crippen molar-refractivity contribution >= 4 is 0 Å². The maximum atomic E-state index is 14.7. The van der Waals surface area contributed by atoms with Crippen molar-refractivity contribution in [3.8, 4) is 28.0 Å². The highest BCUT2D eigenvalue weighted by Crippen LogP contribution is 2.31. The Hall–Kier alpha value is -3.81. The van der Waals surface area contributed by atoms with Crippen LogP contribution in [0.5, 0.6) is 5.75 Å². The predicted octanol–water partition coefficient (Wildman–Crippen LogP) is 7.57. The van der Waals surface area contributed by atoms with E-state index in [0.717, 1.165) is 24.3 Å². The highest BCUT2D eigenvalue weighted by atomic mass is 19.2. The van der Waals surface area contributed by atoms with Gasteiger partial charge in [-0.3, -0.25) is 0 Å². The van der Waals surface area contributed by atoms with E-state index in [-0.39, 0.29) is 34.4 Å². The van der Waals surface area contributed by atoms with Crippen LogP contribution in [0.15, 0.2) is 66.7 Å². The van der Waals surface area contributed by atoms with E-state index >= 15 is 0 Å². The summed E-state index contributed by atoms with van der Waals surface area (Å²) < 4.78 is 102. The minimum Gasteiger partial charge on any atom is -0.483 e. The molecule has 0 aliphatic heterocycles. The molecule has 0 fully saturated rings. The van der Waals surface area contributed by atoms with Crippen LogP contribution >= 0.6 is 0 Å². The molecule has 0 saturated heterocycles. The second-order valence-corrected chi connectivity index (χ2v) is 7.10. The molecule has 4 aromatic rings. The molecule has 4 rings (SSSR count). The molecule has 0 bridgehead atoms. The van der Waals surface area contributed by atoms with Crippen LogP contribution in [0.3, 0.4) is 0 Å². The van der Waals surface area contributed by atoms with Gasteiger partial charge < -0.3 is 4.74 Å². The second kappa shape index (κ2) is 8.97. The van der Waals surface area contributed by atoms with Gasteiger partial charge in [0.15, 0.2) is 34.8 Å². The topological polar surface area (TPSA) is 9.23 Å². The summed E-state index contributed by atoms with van der Waals surface area (Å²) >= 11 is 0. The lowest BCUT2D eigenvalue weighted by atomic mass is 9.98. The third-order valence-electron chi connectivity index (χ3n) is 4.91. The van der Waals surface area contributed by atoms with E-state index in [0.29, 0.717) is 12.1 Å². The summed E-state index contributed by atoms with van der Waals surface area (Å²) in [5.41, 5.74) is -0.00638. The normalized spacial score (nSPS) is 11.0. The largest absolute Gasteiger partial charge is 0.483 e. The molecule has 0 amide bonds. The van der Waals surface area contributed by atoms with Crippen molar-refractivity contribution < 1.29 is 35.5 Å². The Balaban J connectivity index is 1.58. The molecule has 0 atom stereocenters. The van der Waals surface area contributed by atoms with E-state index < -0.39 is 46.5 Å². The molecule has 0 radical (unpaired) electrons. The van der Waals surface area contributed by atoms with Crippen molar-refractivity contribution in [2.45, 2.75) is 6.61 Å². The van der Waals surface area contributed by atoms with Crippen molar-refractivity contribution in [3.05, 3.63) is 113 Å². The zero-order valence-electron chi connectivity index (χ0n) is 16.6. The van der Waals surface area contributed by atoms with Crippen molar-refractivity contribution in [2.24, 2.45) is 0 Å². The lowest BCUT2D eigenvalue weighted by Gasteiger charge is -2.11. The Morgan fingerprint density at radius 2 is 1.06 bits per heavy atom. The number of para-hydroxylation sites is 1. The van der Waals surface area contributed by atoms with Gasteiger partial charge in [-0.15, -0.1) is 0 Å². The first-order chi connectivity index (χ1) is 15.7. The van der Waals surface area contributed by atoms with Crippen LogP contribution in [0, 0.1) is 40.7 Å². The van der Waals surface area contributed by atoms with Gasteiger partial charge >= 0.3 is 0 Å². The number of rotatable bonds is 5. The van der Waals surface area contributed by atoms with Gasteiger partial charge in [0.1, 0.15) is 18.2 Å². The fourth-order valence-electron chi connectivity index (χ4n) is 3.29. The molecular formula is C25H13F7O. The lowest BCUT2D eigenvalue weighted by Crippen LogP contribution is -2.00. The van der Waals surface area contributed by atoms with Crippen molar-refractivity contribution in [2.75, 3.05) is 0 Å². The summed E-state index contributed by atoms with van der Waals surface area (Å²) in [6.07, 6.45) is 0. The van der Waals surface area contributed by atoms with Gasteiger partial charge in [0.25, 0.3) is 0 Å². The predicted molar refractivity (Wildman–Crippen MR) is 108 cm³/mol. The van der Waals surface area contributed by atoms with E-state index in [1.165, 1.54) is 30.3 Å². The van der Waals surface area contributed by atoms with Gasteiger partial charge in [-0.2, -0.15) is 0 Å². The SMILES string of the molecule is Fc1cc(COc2c(F)cccc2F)ccc1-c1ccc(-c2cc(F)c(F)c(F)c2)c(F)c1. The fourth-order valence-corrected chi connectivity index (χ4v) is 3.29. The van der Waals surface area contributed by atoms with Gasteiger partial charge in [-0.05, 0) is 53.1 Å². The van der Waals surface area contributed by atoms with Crippen LogP contribution in [0.1, 0.15) is 5.56 Å². The Labute approximate surface area is 183 Å². The van der Waals surface area contributed by atoms with E-state index in [2.05, 4.69) is 0 Å². The van der Waals surface area contributed by atoms with Crippen LogP contribution < -0.4 is 4.74 Å². The molecule has 33 heavy (non-hydrogen) atoms. The van der Waals surface area contributed by atoms with Gasteiger partial charge in [-0.1, -0.05) is 30.3 Å². The van der Waals surface area contributed by atoms with Crippen LogP contribution in [0.2, 0.25) is 0 Å². The summed E-state index contributed by atoms with van der Waals surface area (Å²) in [6.45, 7) is -0.315. The third kappa shape index (κ3) is 4.55. The first kappa shape index (κ1) is 22.4. The molecule has 4 aromatic carbocycles. The van der Waals surface area contributed by atoms with Gasteiger partial charge in [0, 0.05) is 11.1 Å². The molecule has 0 spiro atoms. The van der Waals surface area contributed by atoms with E-state index in [1.54, 1.807) is 0 Å². The molecule has 0 N–H and O–H groups in total. The molecule has 8 heteroatoms. The third-order valence-corrected chi connectivity index (χ3v) is 4.91. The zero-order valence-corrected chi connectivity index (χ0v) is 16.6. The van der Waals surface area contributed by atoms with Crippen LogP contribution in [0.4, 0.5) is 30.7 Å². The Kier molecular flexibility index (Phi) is 6.09. The number of ether oxygens (including phenoxy) is 1. The highest BCUT2D eigenvalue weighted by molar-refractivity contribution is 5.71. The summed E-state index contributed by atoms with van der Waals surface area (Å²) in [5, 5.41) is 0. The van der Waals surface area contributed by atoms with E-state index in [4.69, 9.17) is 4.74 Å². The monoisotopic (exact) mass is 462 g/mol. The number of halogens is 7. The average molecular weight is 462 g/mol. The van der Waals surface area contributed by atoms with E-state index in [9.17, 15) is 30.7 Å². The Bertz CT molecular complexity index is 1310. The standard InChI is InChI=1S/C25H13F7O/c26-18-2-1-3-19(27)25(18)33-12-13-4-6-16(20(28)8-13)14-5-7-17(21(29)9-14)15-10-22(30)24(32)23(31)11-15/h1-11H,12H2. The summed E-state index contributed by atoms with van der Waals surface area (Å²) in [7, 11) is 0. The van der Waals surface area contributed by atoms with Crippen molar-refractivity contribution in [3.63, 3.8) is 0 Å². The summed E-state index contributed by atoms with van der Waals surface area (Å²) in [6, 6.07) is 11.9. The maximum Gasteiger partial charge on any atom is 0.194 e. The second-order valence-electron chi connectivity index (χ2n) is 7.10. The maximum absolute atomic E-state index is 14.7. The lowest BCUT2D eigenvalue weighted by molar-refractivity contribution is 0.273. The molecule has 0 aliphatic rings. The number of hydrogen-bond acceptors (Lipinski definition) is 1. The highest BCUT2D eigenvalue weighted by Gasteiger charge is 2.16. The molecule has 0 unspecified atom stereocenters. The zero-order chi connectivity index (χ0) is 23.7. The summed E-state index contributed by atoms with van der Waals surface area (Å²) in [4.78, 5) is 0. The van der Waals surface area contributed by atoms with Crippen molar-refractivity contribution in [1.29, 1.82) is 0 Å². The molecule has 0 saturated carbocycles. The summed E-state index contributed by atoms with van der Waals surface area (Å²) in [5.74, 6) is -8.64. The van der Waals surface area contributed by atoms with Gasteiger partial charge in [0.05, 0.1) is 0 Å². The molecule has 1 nitrogen and oxygen atoms in total. The van der Waals surface area contributed by atoms with E-state index in [1.807, 2.05) is 0 Å². The smallest absolute Gasteiger partial charge is 0.194 e.